The lowest BCUT2D eigenvalue weighted by molar-refractivity contribution is 0.0955. The Bertz CT molecular complexity index is 1230. The summed E-state index contributed by atoms with van der Waals surface area (Å²) in [5.41, 5.74) is 8.49. The van der Waals surface area contributed by atoms with Crippen LogP contribution >= 0.6 is 0 Å². The predicted molar refractivity (Wildman–Crippen MR) is 130 cm³/mol. The summed E-state index contributed by atoms with van der Waals surface area (Å²) >= 11 is 0. The molecule has 0 bridgehead atoms. The van der Waals surface area contributed by atoms with Crippen LogP contribution in [0.5, 0.6) is 0 Å². The molecule has 0 fully saturated rings. The van der Waals surface area contributed by atoms with E-state index in [-0.39, 0.29) is 12.5 Å². The molecule has 7 heteroatoms. The minimum atomic E-state index is -3.48. The molecule has 3 rings (SSSR count). The molecule has 0 heterocycles. The molecule has 0 aliphatic rings. The van der Waals surface area contributed by atoms with Gasteiger partial charge in [-0.15, -0.1) is 0 Å². The van der Waals surface area contributed by atoms with E-state index in [2.05, 4.69) is 10.5 Å². The van der Waals surface area contributed by atoms with E-state index in [9.17, 15) is 13.2 Å². The van der Waals surface area contributed by atoms with Crippen LogP contribution in [0, 0.1) is 20.8 Å². The Morgan fingerprint density at radius 1 is 0.938 bits per heavy atom. The van der Waals surface area contributed by atoms with Crippen LogP contribution < -0.4 is 9.73 Å². The second-order valence-electron chi connectivity index (χ2n) is 7.84. The number of anilines is 1. The van der Waals surface area contributed by atoms with E-state index in [1.165, 1.54) is 10.6 Å². The number of nitrogens with zero attached hydrogens (tertiary/aromatic N) is 2. The van der Waals surface area contributed by atoms with Gasteiger partial charge in [0.1, 0.15) is 0 Å². The molecule has 166 valence electrons. The molecule has 0 radical (unpaired) electrons. The molecule has 0 saturated heterocycles. The van der Waals surface area contributed by atoms with Gasteiger partial charge in [0, 0.05) is 5.56 Å². The number of hydrogen-bond acceptors (Lipinski definition) is 4. The topological polar surface area (TPSA) is 78.8 Å². The Balaban J connectivity index is 1.69. The van der Waals surface area contributed by atoms with Gasteiger partial charge in [-0.3, -0.25) is 9.10 Å². The van der Waals surface area contributed by atoms with Crippen LogP contribution in [-0.2, 0) is 16.6 Å². The Morgan fingerprint density at radius 3 is 2.19 bits per heavy atom. The summed E-state index contributed by atoms with van der Waals surface area (Å²) in [7, 11) is -3.48. The molecule has 0 spiro atoms. The number of nitrogens with one attached hydrogen (secondary N) is 1. The first-order valence-electron chi connectivity index (χ1n) is 10.2. The third-order valence-electron chi connectivity index (χ3n) is 5.18. The molecular weight excluding hydrogens is 422 g/mol. The fourth-order valence-corrected chi connectivity index (χ4v) is 3.97. The van der Waals surface area contributed by atoms with Crippen molar-refractivity contribution in [3.63, 3.8) is 0 Å². The van der Waals surface area contributed by atoms with Crippen LogP contribution in [0.3, 0.4) is 0 Å². The standard InChI is InChI=1S/C25H27N3O3S/c1-18-5-8-21(9-6-18)16-26-27-25(29)23-12-10-22(11-13-23)17-28(32(4,30)31)24-14-7-19(2)20(3)15-24/h5-16H,17H2,1-4H3,(H,27,29)/b26-16+. The smallest absolute Gasteiger partial charge is 0.267 e. The van der Waals surface area contributed by atoms with Crippen molar-refractivity contribution in [2.24, 2.45) is 5.10 Å². The van der Waals surface area contributed by atoms with Gasteiger partial charge in [-0.25, -0.2) is 13.8 Å². The van der Waals surface area contributed by atoms with Crippen molar-refractivity contribution in [3.8, 4) is 0 Å². The number of sulfonamides is 1. The number of amides is 1. The summed E-state index contributed by atoms with van der Waals surface area (Å²) in [6, 6.07) is 20.2. The van der Waals surface area contributed by atoms with Crippen LogP contribution in [0.2, 0.25) is 0 Å². The molecule has 0 atom stereocenters. The second-order valence-corrected chi connectivity index (χ2v) is 9.75. The minimum Gasteiger partial charge on any atom is -0.267 e. The van der Waals surface area contributed by atoms with Crippen molar-refractivity contribution in [1.29, 1.82) is 0 Å². The molecule has 0 saturated carbocycles. The molecule has 0 aliphatic carbocycles. The van der Waals surface area contributed by atoms with Gasteiger partial charge in [-0.2, -0.15) is 5.10 Å². The molecule has 0 aliphatic heterocycles. The molecule has 0 aromatic heterocycles. The molecule has 1 amide bonds. The van der Waals surface area contributed by atoms with Crippen LogP contribution in [-0.4, -0.2) is 26.8 Å². The lowest BCUT2D eigenvalue weighted by atomic mass is 10.1. The quantitative estimate of drug-likeness (QED) is 0.430. The van der Waals surface area contributed by atoms with Crippen molar-refractivity contribution in [2.75, 3.05) is 10.6 Å². The largest absolute Gasteiger partial charge is 0.271 e. The highest BCUT2D eigenvalue weighted by atomic mass is 32.2. The first-order chi connectivity index (χ1) is 15.1. The zero-order valence-electron chi connectivity index (χ0n) is 18.7. The van der Waals surface area contributed by atoms with E-state index < -0.39 is 10.0 Å². The zero-order chi connectivity index (χ0) is 23.3. The molecule has 0 unspecified atom stereocenters. The average Bonchev–Trinajstić information content (AvgIpc) is 2.75. The Morgan fingerprint density at radius 2 is 1.59 bits per heavy atom. The lowest BCUT2D eigenvalue weighted by Gasteiger charge is -2.23. The van der Waals surface area contributed by atoms with Crippen molar-refractivity contribution < 1.29 is 13.2 Å². The van der Waals surface area contributed by atoms with Gasteiger partial charge in [-0.05, 0) is 67.3 Å². The molecule has 1 N–H and O–H groups in total. The molecule has 6 nitrogen and oxygen atoms in total. The average molecular weight is 450 g/mol. The summed E-state index contributed by atoms with van der Waals surface area (Å²) in [5, 5.41) is 3.99. The van der Waals surface area contributed by atoms with Crippen LogP contribution in [0.1, 0.15) is 38.2 Å². The maximum absolute atomic E-state index is 12.4. The Hall–Kier alpha value is -3.45. The Kier molecular flexibility index (Phi) is 7.10. The van der Waals surface area contributed by atoms with E-state index in [4.69, 9.17) is 0 Å². The van der Waals surface area contributed by atoms with Crippen LogP contribution in [0.25, 0.3) is 0 Å². The monoisotopic (exact) mass is 449 g/mol. The summed E-state index contributed by atoms with van der Waals surface area (Å²) in [4.78, 5) is 12.3. The number of carbonyl (C=O) groups is 1. The van der Waals surface area contributed by atoms with E-state index in [1.54, 1.807) is 36.5 Å². The van der Waals surface area contributed by atoms with Gasteiger partial charge in [-0.1, -0.05) is 48.0 Å². The molecule has 3 aromatic rings. The highest BCUT2D eigenvalue weighted by molar-refractivity contribution is 7.92. The molecular formula is C25H27N3O3S. The number of carbonyl (C=O) groups excluding carboxylic acids is 1. The lowest BCUT2D eigenvalue weighted by Crippen LogP contribution is -2.29. The SMILES string of the molecule is Cc1ccc(/C=N/NC(=O)c2ccc(CN(c3ccc(C)c(C)c3)S(C)(=O)=O)cc2)cc1. The summed E-state index contributed by atoms with van der Waals surface area (Å²) in [6.45, 7) is 6.12. The fraction of sp³-hybridized carbons (Fsp3) is 0.200. The zero-order valence-corrected chi connectivity index (χ0v) is 19.5. The first-order valence-corrected chi connectivity index (χ1v) is 12.0. The molecule has 32 heavy (non-hydrogen) atoms. The van der Waals surface area contributed by atoms with E-state index in [0.29, 0.717) is 11.3 Å². The van der Waals surface area contributed by atoms with E-state index >= 15 is 0 Å². The number of aryl methyl sites for hydroxylation is 3. The predicted octanol–water partition coefficient (Wildman–Crippen LogP) is 4.34. The first kappa shape index (κ1) is 23.2. The fourth-order valence-electron chi connectivity index (χ4n) is 3.09. The highest BCUT2D eigenvalue weighted by Crippen LogP contribution is 2.23. The van der Waals surface area contributed by atoms with Crippen molar-refractivity contribution in [1.82, 2.24) is 5.43 Å². The number of hydrazone groups is 1. The van der Waals surface area contributed by atoms with Gasteiger partial charge in [0.15, 0.2) is 0 Å². The maximum Gasteiger partial charge on any atom is 0.271 e. The van der Waals surface area contributed by atoms with Gasteiger partial charge in [0.05, 0.1) is 24.7 Å². The van der Waals surface area contributed by atoms with E-state index in [1.807, 2.05) is 57.2 Å². The van der Waals surface area contributed by atoms with Gasteiger partial charge in [0.25, 0.3) is 5.91 Å². The number of rotatable bonds is 7. The summed E-state index contributed by atoms with van der Waals surface area (Å²) in [6.07, 6.45) is 2.77. The van der Waals surface area contributed by atoms with Crippen molar-refractivity contribution >= 4 is 27.8 Å². The van der Waals surface area contributed by atoms with Crippen LogP contribution in [0.4, 0.5) is 5.69 Å². The maximum atomic E-state index is 12.4. The Labute approximate surface area is 189 Å². The van der Waals surface area contributed by atoms with Crippen molar-refractivity contribution in [2.45, 2.75) is 27.3 Å². The van der Waals surface area contributed by atoms with E-state index in [0.717, 1.165) is 27.8 Å². The summed E-state index contributed by atoms with van der Waals surface area (Å²) < 4.78 is 26.2. The normalized spacial score (nSPS) is 11.5. The van der Waals surface area contributed by atoms with Crippen LogP contribution in [0.15, 0.2) is 71.8 Å². The van der Waals surface area contributed by atoms with Gasteiger partial charge >= 0.3 is 0 Å². The van der Waals surface area contributed by atoms with Gasteiger partial charge in [0.2, 0.25) is 10.0 Å². The third-order valence-corrected chi connectivity index (χ3v) is 6.32. The van der Waals surface area contributed by atoms with Crippen molar-refractivity contribution in [3.05, 3.63) is 100 Å². The third kappa shape index (κ3) is 6.04. The summed E-state index contributed by atoms with van der Waals surface area (Å²) in [5.74, 6) is -0.339. The second kappa shape index (κ2) is 9.78. The number of hydrogen-bond donors (Lipinski definition) is 1. The minimum absolute atomic E-state index is 0.175. The highest BCUT2D eigenvalue weighted by Gasteiger charge is 2.18. The number of benzene rings is 3. The molecule has 3 aromatic carbocycles. The van der Waals surface area contributed by atoms with Gasteiger partial charge < -0.3 is 0 Å².